The Hall–Kier alpha value is -1.99. The van der Waals surface area contributed by atoms with Gasteiger partial charge in [0.2, 0.25) is 11.0 Å². The van der Waals surface area contributed by atoms with Crippen LogP contribution in [0.5, 0.6) is 5.75 Å². The van der Waals surface area contributed by atoms with E-state index < -0.39 is 0 Å². The molecule has 112 valence electrons. The molecule has 7 heteroatoms. The first kappa shape index (κ1) is 15.4. The Bertz CT molecular complexity index is 629. The number of nitrogens with one attached hydrogen (secondary N) is 1. The molecule has 0 fully saturated rings. The number of phenolic OH excluding ortho intramolecular Hbond substituents is 1. The largest absolute Gasteiger partial charge is 0.508 e. The van der Waals surface area contributed by atoms with Crippen LogP contribution >= 0.6 is 11.3 Å². The highest BCUT2D eigenvalue weighted by atomic mass is 32.1. The first-order valence-electron chi connectivity index (χ1n) is 6.55. The lowest BCUT2D eigenvalue weighted by atomic mass is 10.1. The van der Waals surface area contributed by atoms with Crippen LogP contribution in [0.1, 0.15) is 23.5 Å². The average Bonchev–Trinajstić information content (AvgIpc) is 2.82. The summed E-state index contributed by atoms with van der Waals surface area (Å²) in [6.45, 7) is 4.05. The number of hydrogen-bond donors (Lipinski definition) is 2. The van der Waals surface area contributed by atoms with Gasteiger partial charge in [-0.1, -0.05) is 23.5 Å². The fourth-order valence-corrected chi connectivity index (χ4v) is 2.52. The lowest BCUT2D eigenvalue weighted by Gasteiger charge is -2.24. The molecule has 1 aromatic carbocycles. The molecule has 1 amide bonds. The van der Waals surface area contributed by atoms with E-state index >= 15 is 0 Å². The lowest BCUT2D eigenvalue weighted by Crippen LogP contribution is -2.32. The van der Waals surface area contributed by atoms with Crippen molar-refractivity contribution in [1.29, 1.82) is 0 Å². The highest BCUT2D eigenvalue weighted by Crippen LogP contribution is 2.22. The highest BCUT2D eigenvalue weighted by Gasteiger charge is 2.16. The molecule has 0 spiro atoms. The number of aromatic hydroxyl groups is 1. The van der Waals surface area contributed by atoms with E-state index in [2.05, 4.69) is 15.5 Å². The summed E-state index contributed by atoms with van der Waals surface area (Å²) in [6, 6.07) is 7.05. The van der Waals surface area contributed by atoms with Crippen LogP contribution in [0.2, 0.25) is 0 Å². The summed E-state index contributed by atoms with van der Waals surface area (Å²) in [6.07, 6.45) is 0. The molecule has 2 rings (SSSR count). The summed E-state index contributed by atoms with van der Waals surface area (Å²) >= 11 is 1.34. The molecule has 0 bridgehead atoms. The van der Waals surface area contributed by atoms with Gasteiger partial charge in [0.05, 0.1) is 6.54 Å². The van der Waals surface area contributed by atoms with Crippen LogP contribution in [-0.4, -0.2) is 39.7 Å². The van der Waals surface area contributed by atoms with E-state index in [1.165, 1.54) is 11.3 Å². The summed E-state index contributed by atoms with van der Waals surface area (Å²) in [5.41, 5.74) is 0.956. The number of benzene rings is 1. The molecule has 0 saturated heterocycles. The van der Waals surface area contributed by atoms with Crippen LogP contribution in [0, 0.1) is 6.92 Å². The average molecular weight is 306 g/mol. The topological polar surface area (TPSA) is 78.4 Å². The summed E-state index contributed by atoms with van der Waals surface area (Å²) < 4.78 is 0. The molecule has 2 aromatic rings. The molecule has 1 aromatic heterocycles. The second kappa shape index (κ2) is 6.64. The van der Waals surface area contributed by atoms with Gasteiger partial charge in [-0.05, 0) is 38.6 Å². The lowest BCUT2D eigenvalue weighted by molar-refractivity contribution is -0.117. The first-order valence-corrected chi connectivity index (χ1v) is 7.36. The Labute approximate surface area is 127 Å². The van der Waals surface area contributed by atoms with E-state index in [4.69, 9.17) is 0 Å². The van der Waals surface area contributed by atoms with Crippen LogP contribution in [0.3, 0.4) is 0 Å². The minimum absolute atomic E-state index is 0.0130. The number of carbonyl (C=O) groups is 1. The number of likely N-dealkylation sites (N-methyl/N-ethyl adjacent to an activating group) is 1. The molecule has 1 unspecified atom stereocenters. The second-order valence-corrected chi connectivity index (χ2v) is 6.04. The van der Waals surface area contributed by atoms with Gasteiger partial charge in [0.25, 0.3) is 0 Å². The predicted octanol–water partition coefficient (Wildman–Crippen LogP) is 2.18. The Morgan fingerprint density at radius 3 is 2.86 bits per heavy atom. The molecule has 2 N–H and O–H groups in total. The molecule has 1 heterocycles. The smallest absolute Gasteiger partial charge is 0.240 e. The van der Waals surface area contributed by atoms with Crippen LogP contribution in [0.4, 0.5) is 5.13 Å². The van der Waals surface area contributed by atoms with Crippen molar-refractivity contribution in [3.63, 3.8) is 0 Å². The maximum absolute atomic E-state index is 12.0. The van der Waals surface area contributed by atoms with Crippen molar-refractivity contribution < 1.29 is 9.90 Å². The zero-order chi connectivity index (χ0) is 15.4. The van der Waals surface area contributed by atoms with Gasteiger partial charge in [0.1, 0.15) is 10.8 Å². The number of phenols is 1. The van der Waals surface area contributed by atoms with Crippen molar-refractivity contribution in [2.45, 2.75) is 19.9 Å². The number of aryl methyl sites for hydroxylation is 1. The van der Waals surface area contributed by atoms with Crippen LogP contribution in [0.25, 0.3) is 0 Å². The second-order valence-electron chi connectivity index (χ2n) is 4.86. The third-order valence-corrected chi connectivity index (χ3v) is 3.93. The van der Waals surface area contributed by atoms with Crippen LogP contribution < -0.4 is 5.32 Å². The fraction of sp³-hybridized carbons (Fsp3) is 0.357. The van der Waals surface area contributed by atoms with Gasteiger partial charge in [-0.2, -0.15) is 0 Å². The minimum atomic E-state index is -0.138. The standard InChI is InChI=1S/C14H18N4O2S/c1-9(11-5-4-6-12(19)7-11)18(3)8-13(20)15-14-17-16-10(2)21-14/h4-7,9,19H,8H2,1-3H3,(H,15,17,20). The number of nitrogens with zero attached hydrogens (tertiary/aromatic N) is 3. The molecule has 0 aliphatic rings. The van der Waals surface area contributed by atoms with E-state index in [0.29, 0.717) is 5.13 Å². The quantitative estimate of drug-likeness (QED) is 0.885. The third-order valence-electron chi connectivity index (χ3n) is 3.18. The number of carbonyl (C=O) groups excluding carboxylic acids is 1. The van der Waals surface area contributed by atoms with Crippen molar-refractivity contribution in [1.82, 2.24) is 15.1 Å². The first-order chi connectivity index (χ1) is 9.95. The van der Waals surface area contributed by atoms with Gasteiger partial charge in [0.15, 0.2) is 0 Å². The zero-order valence-corrected chi connectivity index (χ0v) is 13.0. The van der Waals surface area contributed by atoms with Gasteiger partial charge >= 0.3 is 0 Å². The maximum Gasteiger partial charge on any atom is 0.240 e. The van der Waals surface area contributed by atoms with E-state index in [9.17, 15) is 9.90 Å². The molecule has 0 radical (unpaired) electrons. The normalized spacial score (nSPS) is 12.4. The van der Waals surface area contributed by atoms with E-state index in [1.807, 2.05) is 31.9 Å². The molecule has 0 aliphatic carbocycles. The molecule has 0 saturated carbocycles. The Balaban J connectivity index is 1.94. The molecule has 21 heavy (non-hydrogen) atoms. The Morgan fingerprint density at radius 1 is 1.48 bits per heavy atom. The van der Waals surface area contributed by atoms with Gasteiger partial charge in [-0.25, -0.2) is 0 Å². The van der Waals surface area contributed by atoms with Crippen molar-refractivity contribution in [2.24, 2.45) is 0 Å². The van der Waals surface area contributed by atoms with Gasteiger partial charge in [-0.15, -0.1) is 10.2 Å². The summed E-state index contributed by atoms with van der Waals surface area (Å²) in [4.78, 5) is 13.9. The van der Waals surface area contributed by atoms with Gasteiger partial charge in [0, 0.05) is 6.04 Å². The van der Waals surface area contributed by atoms with Crippen molar-refractivity contribution in [3.8, 4) is 5.75 Å². The Morgan fingerprint density at radius 2 is 2.24 bits per heavy atom. The molecule has 0 aliphatic heterocycles. The highest BCUT2D eigenvalue weighted by molar-refractivity contribution is 7.15. The van der Waals surface area contributed by atoms with Gasteiger partial charge in [-0.3, -0.25) is 15.0 Å². The van der Waals surface area contributed by atoms with E-state index in [1.54, 1.807) is 18.2 Å². The zero-order valence-electron chi connectivity index (χ0n) is 12.2. The van der Waals surface area contributed by atoms with Crippen molar-refractivity contribution in [2.75, 3.05) is 18.9 Å². The number of rotatable bonds is 5. The van der Waals surface area contributed by atoms with E-state index in [0.717, 1.165) is 10.6 Å². The monoisotopic (exact) mass is 306 g/mol. The summed E-state index contributed by atoms with van der Waals surface area (Å²) in [5, 5.41) is 21.3. The maximum atomic E-state index is 12.0. The SMILES string of the molecule is Cc1nnc(NC(=O)CN(C)C(C)c2cccc(O)c2)s1. The summed E-state index contributed by atoms with van der Waals surface area (Å²) in [5.74, 6) is 0.0854. The Kier molecular flexibility index (Phi) is 4.87. The number of hydrogen-bond acceptors (Lipinski definition) is 6. The molecule has 1 atom stereocenters. The number of amides is 1. The van der Waals surface area contributed by atoms with E-state index in [-0.39, 0.29) is 24.2 Å². The molecular formula is C14H18N4O2S. The number of anilines is 1. The van der Waals surface area contributed by atoms with Crippen LogP contribution in [0.15, 0.2) is 24.3 Å². The predicted molar refractivity (Wildman–Crippen MR) is 82.4 cm³/mol. The fourth-order valence-electron chi connectivity index (χ4n) is 1.91. The molecule has 6 nitrogen and oxygen atoms in total. The van der Waals surface area contributed by atoms with Crippen molar-refractivity contribution >= 4 is 22.4 Å². The van der Waals surface area contributed by atoms with Crippen LogP contribution in [-0.2, 0) is 4.79 Å². The minimum Gasteiger partial charge on any atom is -0.508 e. The third kappa shape index (κ3) is 4.24. The van der Waals surface area contributed by atoms with Gasteiger partial charge < -0.3 is 5.11 Å². The summed E-state index contributed by atoms with van der Waals surface area (Å²) in [7, 11) is 1.86. The number of aromatic nitrogens is 2. The van der Waals surface area contributed by atoms with Crippen molar-refractivity contribution in [3.05, 3.63) is 34.8 Å². The molecular weight excluding hydrogens is 288 g/mol.